The van der Waals surface area contributed by atoms with Crippen molar-refractivity contribution in [2.45, 2.75) is 6.61 Å². The number of amides is 1. The molecule has 1 N–H and O–H groups in total. The zero-order valence-corrected chi connectivity index (χ0v) is 14.6. The van der Waals surface area contributed by atoms with Gasteiger partial charge in [-0.2, -0.15) is 0 Å². The van der Waals surface area contributed by atoms with E-state index in [-0.39, 0.29) is 12.3 Å². The lowest BCUT2D eigenvalue weighted by Gasteiger charge is -2.06. The Morgan fingerprint density at radius 2 is 1.81 bits per heavy atom. The van der Waals surface area contributed by atoms with E-state index in [1.165, 1.54) is 11.3 Å². The molecule has 4 nitrogen and oxygen atoms in total. The van der Waals surface area contributed by atoms with E-state index in [1.807, 2.05) is 0 Å². The maximum absolute atomic E-state index is 13.6. The average molecular weight is 375 g/mol. The lowest BCUT2D eigenvalue weighted by atomic mass is 10.2. The smallest absolute Gasteiger partial charge is 0.265 e. The van der Waals surface area contributed by atoms with E-state index < -0.39 is 17.5 Å². The molecule has 0 bridgehead atoms. The summed E-state index contributed by atoms with van der Waals surface area (Å²) in [4.78, 5) is 12.6. The zero-order valence-electron chi connectivity index (χ0n) is 13.8. The van der Waals surface area contributed by atoms with Gasteiger partial charge in [-0.25, -0.2) is 8.78 Å². The van der Waals surface area contributed by atoms with Gasteiger partial charge in [0.1, 0.15) is 29.7 Å². The number of anilines is 1. The Labute approximate surface area is 153 Å². The fourth-order valence-corrected chi connectivity index (χ4v) is 2.98. The van der Waals surface area contributed by atoms with Crippen LogP contribution in [0.1, 0.15) is 15.2 Å². The van der Waals surface area contributed by atoms with Crippen LogP contribution in [0.15, 0.2) is 53.9 Å². The number of benzene rings is 2. The van der Waals surface area contributed by atoms with Crippen LogP contribution in [0.5, 0.6) is 11.5 Å². The maximum atomic E-state index is 13.6. The van der Waals surface area contributed by atoms with E-state index in [2.05, 4.69) is 5.32 Å². The van der Waals surface area contributed by atoms with Crippen molar-refractivity contribution in [3.05, 3.63) is 76.0 Å². The Balaban J connectivity index is 1.61. The number of rotatable bonds is 6. The number of methoxy groups -OCH3 is 1. The van der Waals surface area contributed by atoms with Crippen LogP contribution in [-0.2, 0) is 6.61 Å². The minimum Gasteiger partial charge on any atom is -0.497 e. The van der Waals surface area contributed by atoms with Gasteiger partial charge in [-0.05, 0) is 47.8 Å². The topological polar surface area (TPSA) is 47.6 Å². The molecule has 1 aromatic heterocycles. The first-order chi connectivity index (χ1) is 12.5. The largest absolute Gasteiger partial charge is 0.497 e. The molecule has 7 heteroatoms. The highest BCUT2D eigenvalue weighted by Crippen LogP contribution is 2.22. The van der Waals surface area contributed by atoms with Crippen molar-refractivity contribution >= 4 is 22.9 Å². The van der Waals surface area contributed by atoms with Gasteiger partial charge in [-0.3, -0.25) is 4.79 Å². The fourth-order valence-electron chi connectivity index (χ4n) is 2.19. The van der Waals surface area contributed by atoms with E-state index in [0.29, 0.717) is 10.6 Å². The van der Waals surface area contributed by atoms with Crippen molar-refractivity contribution < 1.29 is 23.0 Å². The molecule has 3 rings (SSSR count). The second-order valence-electron chi connectivity index (χ2n) is 5.36. The second kappa shape index (κ2) is 7.97. The molecule has 0 saturated heterocycles. The molecule has 3 aromatic rings. The summed E-state index contributed by atoms with van der Waals surface area (Å²) in [5, 5.41) is 4.15. The minimum absolute atomic E-state index is 0.195. The molecule has 0 radical (unpaired) electrons. The van der Waals surface area contributed by atoms with E-state index >= 15 is 0 Å². The first kappa shape index (κ1) is 17.9. The molecule has 0 aliphatic rings. The van der Waals surface area contributed by atoms with Gasteiger partial charge in [0.15, 0.2) is 0 Å². The molecule has 0 aliphatic carbocycles. The molecular formula is C19H15F2NO3S. The Morgan fingerprint density at radius 1 is 1.08 bits per heavy atom. The van der Waals surface area contributed by atoms with Gasteiger partial charge in [0.25, 0.3) is 5.91 Å². The first-order valence-corrected chi connectivity index (χ1v) is 8.54. The monoisotopic (exact) mass is 375 g/mol. The highest BCUT2D eigenvalue weighted by molar-refractivity contribution is 7.12. The summed E-state index contributed by atoms with van der Waals surface area (Å²) in [6.45, 7) is 0.282. The summed E-state index contributed by atoms with van der Waals surface area (Å²) < 4.78 is 37.5. The maximum Gasteiger partial charge on any atom is 0.265 e. The van der Waals surface area contributed by atoms with Crippen LogP contribution in [0.4, 0.5) is 14.5 Å². The third-order valence-electron chi connectivity index (χ3n) is 3.52. The van der Waals surface area contributed by atoms with Crippen LogP contribution in [0, 0.1) is 11.6 Å². The molecule has 0 spiro atoms. The van der Waals surface area contributed by atoms with Crippen molar-refractivity contribution in [2.24, 2.45) is 0 Å². The Bertz CT molecular complexity index is 909. The number of hydrogen-bond donors (Lipinski definition) is 1. The van der Waals surface area contributed by atoms with Gasteiger partial charge in [0, 0.05) is 11.6 Å². The average Bonchev–Trinajstić information content (AvgIpc) is 3.12. The van der Waals surface area contributed by atoms with Gasteiger partial charge < -0.3 is 14.8 Å². The molecule has 1 heterocycles. The third-order valence-corrected chi connectivity index (χ3v) is 4.50. The SMILES string of the molecule is COc1ccc(OCc2csc(C(=O)Nc3cc(F)ccc3F)c2)cc1. The van der Waals surface area contributed by atoms with E-state index in [0.717, 1.165) is 29.5 Å². The number of halogens is 2. The van der Waals surface area contributed by atoms with Crippen LogP contribution >= 0.6 is 11.3 Å². The van der Waals surface area contributed by atoms with Crippen molar-refractivity contribution in [2.75, 3.05) is 12.4 Å². The van der Waals surface area contributed by atoms with Crippen molar-refractivity contribution in [1.29, 1.82) is 0 Å². The molecule has 0 aliphatic heterocycles. The van der Waals surface area contributed by atoms with Crippen LogP contribution in [0.25, 0.3) is 0 Å². The number of carbonyl (C=O) groups is 1. The summed E-state index contributed by atoms with van der Waals surface area (Å²) in [6.07, 6.45) is 0. The molecule has 26 heavy (non-hydrogen) atoms. The number of nitrogens with one attached hydrogen (secondary N) is 1. The van der Waals surface area contributed by atoms with Gasteiger partial charge in [0.05, 0.1) is 17.7 Å². The van der Waals surface area contributed by atoms with Gasteiger partial charge in [0.2, 0.25) is 0 Å². The van der Waals surface area contributed by atoms with Crippen LogP contribution < -0.4 is 14.8 Å². The van der Waals surface area contributed by atoms with Crippen molar-refractivity contribution in [1.82, 2.24) is 0 Å². The predicted molar refractivity (Wildman–Crippen MR) is 96.0 cm³/mol. The highest BCUT2D eigenvalue weighted by atomic mass is 32.1. The molecule has 0 fully saturated rings. The molecule has 0 saturated carbocycles. The normalized spacial score (nSPS) is 10.4. The fraction of sp³-hybridized carbons (Fsp3) is 0.105. The number of ether oxygens (including phenoxy) is 2. The lowest BCUT2D eigenvalue weighted by molar-refractivity contribution is 0.103. The predicted octanol–water partition coefficient (Wildman–Crippen LogP) is 4.87. The quantitative estimate of drug-likeness (QED) is 0.669. The minimum atomic E-state index is -0.695. The Kier molecular flexibility index (Phi) is 5.48. The summed E-state index contributed by atoms with van der Waals surface area (Å²) in [6, 6.07) is 11.7. The standard InChI is InChI=1S/C19H15F2NO3S/c1-24-14-3-5-15(6-4-14)25-10-12-8-18(26-11-12)19(23)22-17-9-13(20)2-7-16(17)21/h2-9,11H,10H2,1H3,(H,22,23). The number of thiophene rings is 1. The van der Waals surface area contributed by atoms with Crippen molar-refractivity contribution in [3.63, 3.8) is 0 Å². The molecule has 0 unspecified atom stereocenters. The van der Waals surface area contributed by atoms with Crippen LogP contribution in [-0.4, -0.2) is 13.0 Å². The second-order valence-corrected chi connectivity index (χ2v) is 6.27. The zero-order chi connectivity index (χ0) is 18.5. The molecular weight excluding hydrogens is 360 g/mol. The number of hydrogen-bond acceptors (Lipinski definition) is 4. The van der Waals surface area contributed by atoms with E-state index in [1.54, 1.807) is 42.8 Å². The molecule has 2 aromatic carbocycles. The van der Waals surface area contributed by atoms with Gasteiger partial charge in [-0.1, -0.05) is 0 Å². The van der Waals surface area contributed by atoms with E-state index in [4.69, 9.17) is 9.47 Å². The number of carbonyl (C=O) groups excluding carboxylic acids is 1. The third kappa shape index (κ3) is 4.37. The summed E-state index contributed by atoms with van der Waals surface area (Å²) >= 11 is 1.20. The van der Waals surface area contributed by atoms with Crippen LogP contribution in [0.3, 0.4) is 0 Å². The Hall–Kier alpha value is -2.93. The highest BCUT2D eigenvalue weighted by Gasteiger charge is 2.13. The van der Waals surface area contributed by atoms with Crippen LogP contribution in [0.2, 0.25) is 0 Å². The summed E-state index contributed by atoms with van der Waals surface area (Å²) in [5.74, 6) is -0.419. The van der Waals surface area contributed by atoms with E-state index in [9.17, 15) is 13.6 Å². The molecule has 134 valence electrons. The van der Waals surface area contributed by atoms with Gasteiger partial charge in [-0.15, -0.1) is 11.3 Å². The Morgan fingerprint density at radius 3 is 2.54 bits per heavy atom. The molecule has 0 atom stereocenters. The summed E-state index contributed by atoms with van der Waals surface area (Å²) in [5.41, 5.74) is 0.607. The lowest BCUT2D eigenvalue weighted by Crippen LogP contribution is -2.11. The van der Waals surface area contributed by atoms with Crippen molar-refractivity contribution in [3.8, 4) is 11.5 Å². The summed E-state index contributed by atoms with van der Waals surface area (Å²) in [7, 11) is 1.59. The molecule has 1 amide bonds. The first-order valence-electron chi connectivity index (χ1n) is 7.66. The van der Waals surface area contributed by atoms with Gasteiger partial charge >= 0.3 is 0 Å².